The molecule has 174 valence electrons. The molecule has 4 bridgehead atoms. The molecule has 4 fully saturated rings. The van der Waals surface area contributed by atoms with Gasteiger partial charge in [0.1, 0.15) is 0 Å². The van der Waals surface area contributed by atoms with E-state index in [1.807, 2.05) is 47.8 Å². The molecule has 4 aliphatic carbocycles. The summed E-state index contributed by atoms with van der Waals surface area (Å²) in [4.78, 5) is 28.3. The molecule has 2 heterocycles. The molecule has 1 aromatic carbocycles. The van der Waals surface area contributed by atoms with Crippen LogP contribution in [0.2, 0.25) is 0 Å². The summed E-state index contributed by atoms with van der Waals surface area (Å²) < 4.78 is 1.84. The molecule has 0 atom stereocenters. The summed E-state index contributed by atoms with van der Waals surface area (Å²) in [6, 6.07) is 7.78. The number of benzene rings is 1. The largest absolute Gasteiger partial charge is 0.332 e. The second-order valence-corrected chi connectivity index (χ2v) is 11.4. The lowest BCUT2D eigenvalue weighted by atomic mass is 9.49. The first-order valence-electron chi connectivity index (χ1n) is 12.6. The zero-order valence-corrected chi connectivity index (χ0v) is 19.8. The fourth-order valence-electron chi connectivity index (χ4n) is 7.79. The van der Waals surface area contributed by atoms with Crippen molar-refractivity contribution in [3.05, 3.63) is 46.8 Å². The van der Waals surface area contributed by atoms with Crippen LogP contribution in [0.15, 0.2) is 24.3 Å². The SMILES string of the molecule is Cc1cc(CN2CCc3c(NC(=O)CC45CC6CC(CC(C6)C4)C5)cccc3C2=O)nn1C. The Kier molecular flexibility index (Phi) is 4.89. The van der Waals surface area contributed by atoms with Crippen LogP contribution < -0.4 is 5.32 Å². The lowest BCUT2D eigenvalue weighted by molar-refractivity contribution is -0.124. The fourth-order valence-corrected chi connectivity index (χ4v) is 7.79. The van der Waals surface area contributed by atoms with Crippen LogP contribution in [0.4, 0.5) is 5.69 Å². The van der Waals surface area contributed by atoms with Crippen LogP contribution in [0.3, 0.4) is 0 Å². The van der Waals surface area contributed by atoms with E-state index in [0.717, 1.165) is 46.8 Å². The molecule has 0 saturated heterocycles. The smallest absolute Gasteiger partial charge is 0.254 e. The predicted octanol–water partition coefficient (Wildman–Crippen LogP) is 4.47. The Morgan fingerprint density at radius 3 is 2.48 bits per heavy atom. The Morgan fingerprint density at radius 2 is 1.85 bits per heavy atom. The number of nitrogens with zero attached hydrogens (tertiary/aromatic N) is 3. The highest BCUT2D eigenvalue weighted by molar-refractivity contribution is 6.00. The van der Waals surface area contributed by atoms with Gasteiger partial charge in [-0.3, -0.25) is 14.3 Å². The minimum Gasteiger partial charge on any atom is -0.332 e. The first-order chi connectivity index (χ1) is 15.9. The van der Waals surface area contributed by atoms with E-state index in [1.54, 1.807) is 0 Å². The molecule has 0 spiro atoms. The van der Waals surface area contributed by atoms with Crippen LogP contribution in [0.1, 0.15) is 72.3 Å². The Balaban J connectivity index is 1.16. The molecule has 1 aliphatic heterocycles. The average molecular weight is 447 g/mol. The van der Waals surface area contributed by atoms with E-state index in [1.165, 1.54) is 38.5 Å². The molecular weight excluding hydrogens is 412 g/mol. The summed E-state index contributed by atoms with van der Waals surface area (Å²) in [5, 5.41) is 7.72. The van der Waals surface area contributed by atoms with E-state index < -0.39 is 0 Å². The molecule has 5 aliphatic rings. The Morgan fingerprint density at radius 1 is 1.15 bits per heavy atom. The summed E-state index contributed by atoms with van der Waals surface area (Å²) in [6.07, 6.45) is 9.27. The molecule has 2 amide bonds. The highest BCUT2D eigenvalue weighted by Gasteiger charge is 2.51. The first-order valence-corrected chi connectivity index (χ1v) is 12.6. The van der Waals surface area contributed by atoms with Gasteiger partial charge in [0.05, 0.1) is 12.2 Å². The molecule has 0 unspecified atom stereocenters. The number of carbonyl (C=O) groups excluding carboxylic acids is 2. The van der Waals surface area contributed by atoms with Gasteiger partial charge in [-0.25, -0.2) is 0 Å². The number of hydrogen-bond donors (Lipinski definition) is 1. The normalized spacial score (nSPS) is 29.9. The second kappa shape index (κ2) is 7.71. The highest BCUT2D eigenvalue weighted by Crippen LogP contribution is 2.61. The van der Waals surface area contributed by atoms with E-state index in [9.17, 15) is 9.59 Å². The molecule has 0 radical (unpaired) electrons. The average Bonchev–Trinajstić information content (AvgIpc) is 3.06. The number of fused-ring (bicyclic) bond motifs is 1. The Bertz CT molecular complexity index is 1060. The van der Waals surface area contributed by atoms with Gasteiger partial charge >= 0.3 is 0 Å². The second-order valence-electron chi connectivity index (χ2n) is 11.4. The lowest BCUT2D eigenvalue weighted by Crippen LogP contribution is -2.47. The number of hydrogen-bond acceptors (Lipinski definition) is 3. The van der Waals surface area contributed by atoms with Crippen molar-refractivity contribution in [3.63, 3.8) is 0 Å². The number of aryl methyl sites for hydroxylation is 2. The zero-order chi connectivity index (χ0) is 22.7. The number of aromatic nitrogens is 2. The minimum atomic E-state index is 0.0248. The molecule has 1 aromatic heterocycles. The summed E-state index contributed by atoms with van der Waals surface area (Å²) in [6.45, 7) is 3.17. The maximum absolute atomic E-state index is 13.2. The topological polar surface area (TPSA) is 67.2 Å². The van der Waals surface area contributed by atoms with Crippen LogP contribution in [0, 0.1) is 30.1 Å². The number of anilines is 1. The quantitative estimate of drug-likeness (QED) is 0.737. The summed E-state index contributed by atoms with van der Waals surface area (Å²) >= 11 is 0. The Hall–Kier alpha value is -2.63. The van der Waals surface area contributed by atoms with Gasteiger partial charge in [-0.1, -0.05) is 6.07 Å². The van der Waals surface area contributed by atoms with Crippen molar-refractivity contribution in [2.24, 2.45) is 30.2 Å². The van der Waals surface area contributed by atoms with Crippen molar-refractivity contribution >= 4 is 17.5 Å². The molecule has 2 aromatic rings. The highest BCUT2D eigenvalue weighted by atomic mass is 16.2. The molecule has 7 rings (SSSR count). The third-order valence-corrected chi connectivity index (χ3v) is 8.82. The van der Waals surface area contributed by atoms with Gasteiger partial charge in [-0.2, -0.15) is 5.10 Å². The molecule has 4 saturated carbocycles. The zero-order valence-electron chi connectivity index (χ0n) is 19.8. The van der Waals surface area contributed by atoms with E-state index in [4.69, 9.17) is 0 Å². The van der Waals surface area contributed by atoms with Crippen LogP contribution in [0.25, 0.3) is 0 Å². The summed E-state index contributed by atoms with van der Waals surface area (Å²) in [5.41, 5.74) is 4.73. The number of nitrogens with one attached hydrogen (secondary N) is 1. The molecule has 33 heavy (non-hydrogen) atoms. The molecule has 6 heteroatoms. The first kappa shape index (κ1) is 20.9. The minimum absolute atomic E-state index is 0.0248. The van der Waals surface area contributed by atoms with Gasteiger partial charge < -0.3 is 10.2 Å². The van der Waals surface area contributed by atoms with E-state index in [2.05, 4.69) is 10.4 Å². The lowest BCUT2D eigenvalue weighted by Gasteiger charge is -2.56. The van der Waals surface area contributed by atoms with Crippen LogP contribution >= 0.6 is 0 Å². The van der Waals surface area contributed by atoms with Crippen molar-refractivity contribution in [3.8, 4) is 0 Å². The van der Waals surface area contributed by atoms with Crippen LogP contribution in [-0.2, 0) is 24.8 Å². The molecular formula is C27H34N4O2. The van der Waals surface area contributed by atoms with Gasteiger partial charge in [0.25, 0.3) is 5.91 Å². The monoisotopic (exact) mass is 446 g/mol. The van der Waals surface area contributed by atoms with E-state index >= 15 is 0 Å². The van der Waals surface area contributed by atoms with Gasteiger partial charge in [-0.15, -0.1) is 0 Å². The number of carbonyl (C=O) groups is 2. The van der Waals surface area contributed by atoms with Gasteiger partial charge in [0.15, 0.2) is 0 Å². The summed E-state index contributed by atoms with van der Waals surface area (Å²) in [7, 11) is 1.92. The van der Waals surface area contributed by atoms with Crippen molar-refractivity contribution < 1.29 is 9.59 Å². The van der Waals surface area contributed by atoms with Gasteiger partial charge in [0.2, 0.25) is 5.91 Å². The van der Waals surface area contributed by atoms with E-state index in [0.29, 0.717) is 25.1 Å². The maximum atomic E-state index is 13.2. The van der Waals surface area contributed by atoms with Gasteiger partial charge in [-0.05, 0) is 98.8 Å². The van der Waals surface area contributed by atoms with Crippen molar-refractivity contribution in [2.45, 2.75) is 64.8 Å². The molecule has 1 N–H and O–H groups in total. The van der Waals surface area contributed by atoms with Crippen molar-refractivity contribution in [1.29, 1.82) is 0 Å². The number of amides is 2. The standard InChI is InChI=1S/C27H34N4O2/c1-17-8-21(29-30(17)2)16-31-7-6-22-23(26(31)33)4-3-5-24(22)28-25(32)15-27-12-18-9-19(13-27)11-20(10-18)14-27/h3-5,8,18-20H,6-7,9-16H2,1-2H3,(H,28,32). The third kappa shape index (κ3) is 3.77. The summed E-state index contributed by atoms with van der Waals surface area (Å²) in [5.74, 6) is 2.70. The Labute approximate surface area is 195 Å². The fraction of sp³-hybridized carbons (Fsp3) is 0.593. The predicted molar refractivity (Wildman–Crippen MR) is 127 cm³/mol. The van der Waals surface area contributed by atoms with Gasteiger partial charge in [0, 0.05) is 37.0 Å². The van der Waals surface area contributed by atoms with Crippen LogP contribution in [0.5, 0.6) is 0 Å². The van der Waals surface area contributed by atoms with E-state index in [-0.39, 0.29) is 17.2 Å². The van der Waals surface area contributed by atoms with Crippen molar-refractivity contribution in [2.75, 3.05) is 11.9 Å². The third-order valence-electron chi connectivity index (χ3n) is 8.82. The molecule has 6 nitrogen and oxygen atoms in total. The van der Waals surface area contributed by atoms with Crippen LogP contribution in [-0.4, -0.2) is 33.0 Å². The maximum Gasteiger partial charge on any atom is 0.254 e. The van der Waals surface area contributed by atoms with Crippen molar-refractivity contribution in [1.82, 2.24) is 14.7 Å². The number of rotatable bonds is 5.